The number of amides is 1. The topological polar surface area (TPSA) is 68.4 Å². The zero-order valence-corrected chi connectivity index (χ0v) is 20.5. The summed E-state index contributed by atoms with van der Waals surface area (Å²) in [7, 11) is 0. The molecule has 1 aromatic rings. The van der Waals surface area contributed by atoms with Crippen LogP contribution in [-0.2, 0) is 11.2 Å². The first-order valence-electron chi connectivity index (χ1n) is 11.6. The second kappa shape index (κ2) is 12.5. The summed E-state index contributed by atoms with van der Waals surface area (Å²) in [5.74, 6) is -0.0396. The van der Waals surface area contributed by atoms with Crippen molar-refractivity contribution >= 4 is 11.6 Å². The predicted molar refractivity (Wildman–Crippen MR) is 136 cm³/mol. The molecule has 6 nitrogen and oxygen atoms in total. The summed E-state index contributed by atoms with van der Waals surface area (Å²) in [6.45, 7) is 22.4. The monoisotopic (exact) mass is 439 g/mol. The molecule has 6 heteroatoms. The van der Waals surface area contributed by atoms with Gasteiger partial charge in [-0.1, -0.05) is 31.4 Å². The first kappa shape index (κ1) is 25.7. The highest BCUT2D eigenvalue weighted by Gasteiger charge is 2.21. The second-order valence-corrected chi connectivity index (χ2v) is 8.86. The fraction of sp³-hybridized carbons (Fsp3) is 0.500. The Morgan fingerprint density at radius 1 is 1.16 bits per heavy atom. The highest BCUT2D eigenvalue weighted by Crippen LogP contribution is 2.25. The zero-order chi connectivity index (χ0) is 23.7. The lowest BCUT2D eigenvalue weighted by Gasteiger charge is -2.36. The Morgan fingerprint density at radius 3 is 2.41 bits per heavy atom. The normalized spacial score (nSPS) is 20.8. The molecule has 2 atom stereocenters. The molecule has 2 unspecified atom stereocenters. The highest BCUT2D eigenvalue weighted by atomic mass is 16.1. The quantitative estimate of drug-likeness (QED) is 0.387. The van der Waals surface area contributed by atoms with E-state index in [1.54, 1.807) is 0 Å². The average Bonchev–Trinajstić information content (AvgIpc) is 3.08. The number of anilines is 1. The van der Waals surface area contributed by atoms with Crippen LogP contribution in [0.5, 0.6) is 0 Å². The first-order valence-corrected chi connectivity index (χ1v) is 11.6. The molecule has 1 aromatic carbocycles. The number of nitrogens with one attached hydrogen (secondary N) is 4. The summed E-state index contributed by atoms with van der Waals surface area (Å²) < 4.78 is 0. The van der Waals surface area contributed by atoms with Gasteiger partial charge < -0.3 is 21.3 Å². The van der Waals surface area contributed by atoms with Crippen molar-refractivity contribution in [3.05, 3.63) is 65.5 Å². The Morgan fingerprint density at radius 2 is 1.81 bits per heavy atom. The Hall–Kier alpha value is -2.57. The minimum absolute atomic E-state index is 0.0396. The molecule has 2 aliphatic heterocycles. The molecule has 0 radical (unpaired) electrons. The van der Waals surface area contributed by atoms with Crippen molar-refractivity contribution in [3.8, 4) is 0 Å². The summed E-state index contributed by atoms with van der Waals surface area (Å²) in [5.41, 5.74) is 6.02. The summed E-state index contributed by atoms with van der Waals surface area (Å²) in [6.07, 6.45) is 0.982. The van der Waals surface area contributed by atoms with Crippen LogP contribution in [0.4, 0.5) is 5.69 Å². The maximum absolute atomic E-state index is 12.4. The molecule has 1 fully saturated rings. The molecular formula is C26H41N5O. The van der Waals surface area contributed by atoms with Gasteiger partial charge in [-0.2, -0.15) is 0 Å². The van der Waals surface area contributed by atoms with Crippen molar-refractivity contribution in [2.75, 3.05) is 38.0 Å². The number of rotatable bonds is 7. The van der Waals surface area contributed by atoms with Gasteiger partial charge in [0.25, 0.3) is 5.91 Å². The van der Waals surface area contributed by atoms with Gasteiger partial charge in [-0.05, 0) is 51.8 Å². The Bertz CT molecular complexity index is 807. The molecule has 3 rings (SSSR count). The molecule has 0 aromatic heterocycles. The van der Waals surface area contributed by atoms with E-state index in [0.717, 1.165) is 49.6 Å². The molecule has 1 saturated heterocycles. The van der Waals surface area contributed by atoms with Crippen molar-refractivity contribution in [1.29, 1.82) is 0 Å². The van der Waals surface area contributed by atoms with Crippen molar-refractivity contribution in [2.24, 2.45) is 0 Å². The minimum Gasteiger partial charge on any atom is -0.388 e. The van der Waals surface area contributed by atoms with E-state index in [2.05, 4.69) is 71.4 Å². The van der Waals surface area contributed by atoms with E-state index in [1.165, 1.54) is 11.3 Å². The van der Waals surface area contributed by atoms with Crippen LogP contribution in [0.25, 0.3) is 0 Å². The summed E-state index contributed by atoms with van der Waals surface area (Å²) in [5, 5.41) is 12.9. The third-order valence-corrected chi connectivity index (χ3v) is 5.55. The number of hydrogen-bond donors (Lipinski definition) is 4. The fourth-order valence-electron chi connectivity index (χ4n) is 4.34. The van der Waals surface area contributed by atoms with Gasteiger partial charge in [-0.15, -0.1) is 0 Å². The lowest BCUT2D eigenvalue weighted by molar-refractivity contribution is -0.117. The molecule has 0 spiro atoms. The largest absolute Gasteiger partial charge is 0.388 e. The van der Waals surface area contributed by atoms with Gasteiger partial charge in [0.05, 0.1) is 5.57 Å². The van der Waals surface area contributed by atoms with E-state index in [-0.39, 0.29) is 5.91 Å². The van der Waals surface area contributed by atoms with Gasteiger partial charge in [0, 0.05) is 68.3 Å². The van der Waals surface area contributed by atoms with E-state index in [9.17, 15) is 4.79 Å². The van der Waals surface area contributed by atoms with Crippen molar-refractivity contribution in [2.45, 2.75) is 53.1 Å². The number of piperazine rings is 1. The van der Waals surface area contributed by atoms with Crippen molar-refractivity contribution < 1.29 is 4.79 Å². The molecule has 0 bridgehead atoms. The van der Waals surface area contributed by atoms with Crippen molar-refractivity contribution in [3.63, 3.8) is 0 Å². The number of carbonyl (C=O) groups is 1. The zero-order valence-electron chi connectivity index (χ0n) is 20.5. The minimum atomic E-state index is -0.0396. The smallest absolute Gasteiger partial charge is 0.253 e. The maximum atomic E-state index is 12.4. The molecule has 0 aliphatic carbocycles. The van der Waals surface area contributed by atoms with Crippen LogP contribution in [-0.4, -0.2) is 55.6 Å². The highest BCUT2D eigenvalue weighted by molar-refractivity contribution is 5.98. The van der Waals surface area contributed by atoms with Gasteiger partial charge >= 0.3 is 0 Å². The van der Waals surface area contributed by atoms with Gasteiger partial charge in [-0.3, -0.25) is 9.69 Å². The third-order valence-electron chi connectivity index (χ3n) is 5.55. The average molecular weight is 440 g/mol. The van der Waals surface area contributed by atoms with Gasteiger partial charge in [0.15, 0.2) is 0 Å². The SMILES string of the molecule is C=C(C)/C(C(=O)NCCN1CC(C)NC(C)C1)=C(/C)NCC.C=C1Cc2ccccc2N1. The van der Waals surface area contributed by atoms with E-state index >= 15 is 0 Å². The van der Waals surface area contributed by atoms with E-state index in [4.69, 9.17) is 0 Å². The Kier molecular flexibility index (Phi) is 10.0. The molecule has 1 amide bonds. The van der Waals surface area contributed by atoms with Crippen LogP contribution in [0.3, 0.4) is 0 Å². The van der Waals surface area contributed by atoms with Crippen LogP contribution in [0.15, 0.2) is 60.0 Å². The molecule has 32 heavy (non-hydrogen) atoms. The number of nitrogens with zero attached hydrogens (tertiary/aromatic N) is 1. The standard InChI is InChI=1S/C17H32N4O.C9H9N/c1-7-18-15(6)16(12(2)3)17(22)19-8-9-21-10-13(4)20-14(5)11-21;1-7-6-8-4-2-3-5-9(8)10-7/h13-14,18,20H,2,7-11H2,1,3-6H3,(H,19,22);2-5,10H,1,6H2/b16-15+;. The van der Waals surface area contributed by atoms with Crippen LogP contribution < -0.4 is 21.3 Å². The van der Waals surface area contributed by atoms with Crippen LogP contribution in [0.1, 0.15) is 40.2 Å². The molecule has 4 N–H and O–H groups in total. The number of carbonyl (C=O) groups excluding carboxylic acids is 1. The van der Waals surface area contributed by atoms with Gasteiger partial charge in [0.1, 0.15) is 0 Å². The number of fused-ring (bicyclic) bond motifs is 1. The number of allylic oxidation sites excluding steroid dienone is 2. The first-order chi connectivity index (χ1) is 15.2. The molecule has 2 heterocycles. The number of para-hydroxylation sites is 1. The molecular weight excluding hydrogens is 398 g/mol. The lowest BCUT2D eigenvalue weighted by atomic mass is 10.1. The van der Waals surface area contributed by atoms with Gasteiger partial charge in [-0.25, -0.2) is 0 Å². The second-order valence-electron chi connectivity index (χ2n) is 8.86. The van der Waals surface area contributed by atoms with Crippen LogP contribution in [0, 0.1) is 0 Å². The summed E-state index contributed by atoms with van der Waals surface area (Å²) in [6, 6.07) is 9.29. The van der Waals surface area contributed by atoms with E-state index in [0.29, 0.717) is 24.2 Å². The molecule has 0 saturated carbocycles. The molecule has 2 aliphatic rings. The summed E-state index contributed by atoms with van der Waals surface area (Å²) in [4.78, 5) is 14.8. The van der Waals surface area contributed by atoms with Gasteiger partial charge in [0.2, 0.25) is 0 Å². The number of hydrogen-bond acceptors (Lipinski definition) is 5. The van der Waals surface area contributed by atoms with Crippen LogP contribution >= 0.6 is 0 Å². The maximum Gasteiger partial charge on any atom is 0.253 e. The predicted octanol–water partition coefficient (Wildman–Crippen LogP) is 3.41. The fourth-order valence-corrected chi connectivity index (χ4v) is 4.34. The Labute approximate surface area is 194 Å². The van der Waals surface area contributed by atoms with Crippen LogP contribution in [0.2, 0.25) is 0 Å². The Balaban J connectivity index is 0.000000297. The number of benzene rings is 1. The summed E-state index contributed by atoms with van der Waals surface area (Å²) >= 11 is 0. The third kappa shape index (κ3) is 7.84. The van der Waals surface area contributed by atoms with E-state index < -0.39 is 0 Å². The lowest BCUT2D eigenvalue weighted by Crippen LogP contribution is -2.55. The van der Waals surface area contributed by atoms with Crippen molar-refractivity contribution in [1.82, 2.24) is 20.9 Å². The molecule has 176 valence electrons. The van der Waals surface area contributed by atoms with E-state index in [1.807, 2.05) is 26.8 Å².